The molecule has 30 heavy (non-hydrogen) atoms. The minimum atomic E-state index is -0.977. The zero-order valence-electron chi connectivity index (χ0n) is 16.7. The summed E-state index contributed by atoms with van der Waals surface area (Å²) >= 11 is 0. The Labute approximate surface area is 175 Å². The number of amides is 4. The predicted octanol–water partition coefficient (Wildman–Crippen LogP) is 2.12. The van der Waals surface area contributed by atoms with E-state index in [0.29, 0.717) is 38.0 Å². The lowest BCUT2D eigenvalue weighted by Crippen LogP contribution is -2.57. The summed E-state index contributed by atoms with van der Waals surface area (Å²) in [7, 11) is 0. The van der Waals surface area contributed by atoms with Crippen molar-refractivity contribution in [2.75, 3.05) is 26.2 Å². The third kappa shape index (κ3) is 3.45. The number of hydrogen-bond donors (Lipinski definition) is 1. The number of imide groups is 1. The van der Waals surface area contributed by atoms with Crippen molar-refractivity contribution in [1.82, 2.24) is 14.7 Å². The maximum atomic E-state index is 13.3. The number of β-amino-alcohol motifs (C(OH)–C–C–N with tert-alkyl or cyclic N) is 1. The van der Waals surface area contributed by atoms with E-state index < -0.39 is 5.54 Å². The number of likely N-dealkylation sites (tertiary alicyclic amines) is 1. The Bertz CT molecular complexity index is 924. The first-order valence-electron chi connectivity index (χ1n) is 10.2. The summed E-state index contributed by atoms with van der Waals surface area (Å²) in [4.78, 5) is 43.7. The summed E-state index contributed by atoms with van der Waals surface area (Å²) in [6.07, 6.45) is 0.760. The van der Waals surface area contributed by atoms with Gasteiger partial charge in [-0.25, -0.2) is 4.79 Å². The minimum absolute atomic E-state index is 0.0165. The lowest BCUT2D eigenvalue weighted by atomic mass is 9.85. The Balaban J connectivity index is 1.57. The van der Waals surface area contributed by atoms with Gasteiger partial charge in [0.2, 0.25) is 0 Å². The highest BCUT2D eigenvalue weighted by Gasteiger charge is 2.57. The zero-order chi connectivity index (χ0) is 21.1. The van der Waals surface area contributed by atoms with Crippen LogP contribution in [0.15, 0.2) is 60.7 Å². The second-order valence-electron chi connectivity index (χ2n) is 7.72. The van der Waals surface area contributed by atoms with Crippen molar-refractivity contribution in [3.8, 4) is 0 Å². The summed E-state index contributed by atoms with van der Waals surface area (Å²) in [6.45, 7) is 0.818. The summed E-state index contributed by atoms with van der Waals surface area (Å²) in [5.74, 6) is -0.340. The smallest absolute Gasteiger partial charge is 0.328 e. The van der Waals surface area contributed by atoms with Gasteiger partial charge in [-0.2, -0.15) is 0 Å². The molecule has 2 aromatic carbocycles. The molecule has 0 radical (unpaired) electrons. The number of carbonyl (C=O) groups excluding carboxylic acids is 3. The highest BCUT2D eigenvalue weighted by Crippen LogP contribution is 2.38. The number of nitrogens with zero attached hydrogens (tertiary/aromatic N) is 3. The molecule has 1 spiro atoms. The van der Waals surface area contributed by atoms with Gasteiger partial charge in [0, 0.05) is 25.2 Å². The van der Waals surface area contributed by atoms with E-state index in [2.05, 4.69) is 0 Å². The molecule has 0 unspecified atom stereocenters. The number of urea groups is 1. The highest BCUT2D eigenvalue weighted by atomic mass is 16.3. The Morgan fingerprint density at radius 3 is 2.13 bits per heavy atom. The molecule has 7 heteroatoms. The van der Waals surface area contributed by atoms with Crippen molar-refractivity contribution < 1.29 is 19.5 Å². The molecule has 2 fully saturated rings. The van der Waals surface area contributed by atoms with Crippen molar-refractivity contribution in [2.24, 2.45) is 0 Å². The number of benzene rings is 2. The monoisotopic (exact) mass is 407 g/mol. The van der Waals surface area contributed by atoms with E-state index in [1.54, 1.807) is 21.9 Å². The fraction of sp³-hybridized carbons (Fsp3) is 0.348. The Kier molecular flexibility index (Phi) is 5.55. The Hall–Kier alpha value is -3.19. The van der Waals surface area contributed by atoms with E-state index in [1.807, 2.05) is 48.5 Å². The van der Waals surface area contributed by atoms with E-state index in [4.69, 9.17) is 0 Å². The maximum absolute atomic E-state index is 13.3. The lowest BCUT2D eigenvalue weighted by Gasteiger charge is -2.42. The van der Waals surface area contributed by atoms with Gasteiger partial charge in [0.1, 0.15) is 5.54 Å². The maximum Gasteiger partial charge on any atom is 0.328 e. The summed E-state index contributed by atoms with van der Waals surface area (Å²) < 4.78 is 0. The molecule has 4 rings (SSSR count). The van der Waals surface area contributed by atoms with E-state index >= 15 is 0 Å². The molecule has 2 aliphatic heterocycles. The lowest BCUT2D eigenvalue weighted by molar-refractivity contribution is -0.135. The fourth-order valence-electron chi connectivity index (χ4n) is 4.39. The molecule has 2 aromatic rings. The first-order chi connectivity index (χ1) is 14.6. The third-order valence-corrected chi connectivity index (χ3v) is 6.03. The zero-order valence-corrected chi connectivity index (χ0v) is 16.7. The minimum Gasteiger partial charge on any atom is -0.395 e. The van der Waals surface area contributed by atoms with Crippen LogP contribution in [0, 0.1) is 0 Å². The van der Waals surface area contributed by atoms with Crippen LogP contribution < -0.4 is 0 Å². The fourth-order valence-corrected chi connectivity index (χ4v) is 4.39. The Morgan fingerprint density at radius 1 is 0.933 bits per heavy atom. The highest BCUT2D eigenvalue weighted by molar-refractivity contribution is 6.07. The molecule has 2 heterocycles. The van der Waals surface area contributed by atoms with Gasteiger partial charge >= 0.3 is 6.03 Å². The molecule has 0 bridgehead atoms. The van der Waals surface area contributed by atoms with Crippen LogP contribution in [-0.4, -0.2) is 69.4 Å². The van der Waals surface area contributed by atoms with E-state index in [9.17, 15) is 19.5 Å². The third-order valence-electron chi connectivity index (χ3n) is 6.03. The predicted molar refractivity (Wildman–Crippen MR) is 110 cm³/mol. The first-order valence-corrected chi connectivity index (χ1v) is 10.2. The summed E-state index contributed by atoms with van der Waals surface area (Å²) in [6, 6.07) is 18.3. The normalized spacial score (nSPS) is 18.4. The Morgan fingerprint density at radius 2 is 1.53 bits per heavy atom. The summed E-state index contributed by atoms with van der Waals surface area (Å²) in [5.41, 5.74) is 0.576. The van der Waals surface area contributed by atoms with Crippen molar-refractivity contribution in [1.29, 1.82) is 0 Å². The average Bonchev–Trinajstić information content (AvgIpc) is 2.97. The van der Waals surface area contributed by atoms with Crippen LogP contribution in [-0.2, 0) is 11.3 Å². The molecule has 156 valence electrons. The first kappa shape index (κ1) is 20.1. The number of hydrogen-bond acceptors (Lipinski definition) is 4. The van der Waals surface area contributed by atoms with E-state index in [-0.39, 0.29) is 31.0 Å². The molecule has 2 aliphatic rings. The standard InChI is InChI=1S/C23H25N3O4/c27-16-15-25-21(29)23(26(22(25)30)17-18-7-3-1-4-8-18)11-13-24(14-12-23)20(28)19-9-5-2-6-10-19/h1-10,27H,11-17H2. The topological polar surface area (TPSA) is 81.2 Å². The number of carbonyl (C=O) groups is 3. The molecular formula is C23H25N3O4. The molecule has 0 aromatic heterocycles. The largest absolute Gasteiger partial charge is 0.395 e. The molecule has 7 nitrogen and oxygen atoms in total. The van der Waals surface area contributed by atoms with Gasteiger partial charge in [-0.15, -0.1) is 0 Å². The van der Waals surface area contributed by atoms with E-state index in [0.717, 1.165) is 10.5 Å². The average molecular weight is 407 g/mol. The molecule has 1 N–H and O–H groups in total. The van der Waals surface area contributed by atoms with Crippen molar-refractivity contribution in [3.05, 3.63) is 71.8 Å². The van der Waals surface area contributed by atoms with Crippen LogP contribution in [0.25, 0.3) is 0 Å². The number of aliphatic hydroxyl groups is 1. The van der Waals surface area contributed by atoms with Crippen LogP contribution >= 0.6 is 0 Å². The van der Waals surface area contributed by atoms with Crippen LogP contribution in [0.3, 0.4) is 0 Å². The van der Waals surface area contributed by atoms with Crippen LogP contribution in [0.1, 0.15) is 28.8 Å². The van der Waals surface area contributed by atoms with Gasteiger partial charge in [-0.1, -0.05) is 48.5 Å². The summed E-state index contributed by atoms with van der Waals surface area (Å²) in [5, 5.41) is 9.35. The molecular weight excluding hydrogens is 382 g/mol. The molecule has 0 aliphatic carbocycles. The van der Waals surface area contributed by atoms with Gasteiger partial charge in [0.05, 0.1) is 13.2 Å². The van der Waals surface area contributed by atoms with Crippen LogP contribution in [0.5, 0.6) is 0 Å². The van der Waals surface area contributed by atoms with Gasteiger partial charge < -0.3 is 14.9 Å². The number of piperidine rings is 1. The van der Waals surface area contributed by atoms with Crippen molar-refractivity contribution in [2.45, 2.75) is 24.9 Å². The van der Waals surface area contributed by atoms with Crippen LogP contribution in [0.4, 0.5) is 4.79 Å². The number of aliphatic hydroxyl groups excluding tert-OH is 1. The second kappa shape index (κ2) is 8.28. The molecule has 0 atom stereocenters. The molecule has 4 amide bonds. The molecule has 0 saturated carbocycles. The van der Waals surface area contributed by atoms with Crippen LogP contribution in [0.2, 0.25) is 0 Å². The van der Waals surface area contributed by atoms with Gasteiger partial charge in [0.25, 0.3) is 11.8 Å². The van der Waals surface area contributed by atoms with Gasteiger partial charge in [0.15, 0.2) is 0 Å². The molecule has 2 saturated heterocycles. The van der Waals surface area contributed by atoms with Gasteiger partial charge in [-0.05, 0) is 30.5 Å². The van der Waals surface area contributed by atoms with Crippen molar-refractivity contribution >= 4 is 17.8 Å². The second-order valence-corrected chi connectivity index (χ2v) is 7.72. The number of rotatable bonds is 5. The van der Waals surface area contributed by atoms with Gasteiger partial charge in [-0.3, -0.25) is 14.5 Å². The SMILES string of the molecule is O=C(c1ccccc1)N1CCC2(CC1)C(=O)N(CCO)C(=O)N2Cc1ccccc1. The van der Waals surface area contributed by atoms with E-state index in [1.165, 1.54) is 0 Å². The quantitative estimate of drug-likeness (QED) is 0.770. The van der Waals surface area contributed by atoms with Crippen molar-refractivity contribution in [3.63, 3.8) is 0 Å².